The monoisotopic (exact) mass is 392 g/mol. The van der Waals surface area contributed by atoms with Crippen LogP contribution < -0.4 is 10.2 Å². The fraction of sp³-hybridized carbons (Fsp3) is 0.227. The van der Waals surface area contributed by atoms with Crippen molar-refractivity contribution < 1.29 is 14.0 Å². The molecule has 1 aliphatic rings. The number of rotatable bonds is 4. The Morgan fingerprint density at radius 3 is 2.62 bits per heavy atom. The number of fused-ring (bicyclic) bond motifs is 1. The quantitative estimate of drug-likeness (QED) is 0.736. The van der Waals surface area contributed by atoms with Gasteiger partial charge in [-0.2, -0.15) is 5.10 Å². The molecule has 0 spiro atoms. The Balaban J connectivity index is 1.58. The SMILES string of the molecule is CCc1c(C(=O)Nc2ccc3c(c2)CCN3C(C)=O)cnn1-c1ccc(F)cc1. The van der Waals surface area contributed by atoms with Gasteiger partial charge in [-0.05, 0) is 60.9 Å². The topological polar surface area (TPSA) is 67.2 Å². The van der Waals surface area contributed by atoms with Gasteiger partial charge in [0, 0.05) is 24.8 Å². The molecule has 1 aliphatic heterocycles. The smallest absolute Gasteiger partial charge is 0.259 e. The molecule has 29 heavy (non-hydrogen) atoms. The molecule has 2 aromatic carbocycles. The van der Waals surface area contributed by atoms with Gasteiger partial charge in [0.2, 0.25) is 5.91 Å². The highest BCUT2D eigenvalue weighted by Gasteiger charge is 2.23. The third kappa shape index (κ3) is 3.51. The number of halogens is 1. The molecule has 148 valence electrons. The lowest BCUT2D eigenvalue weighted by atomic mass is 10.1. The average molecular weight is 392 g/mol. The van der Waals surface area contributed by atoms with Crippen molar-refractivity contribution in [3.8, 4) is 5.69 Å². The number of amides is 2. The minimum atomic E-state index is -0.322. The summed E-state index contributed by atoms with van der Waals surface area (Å²) >= 11 is 0. The van der Waals surface area contributed by atoms with E-state index >= 15 is 0 Å². The third-order valence-corrected chi connectivity index (χ3v) is 5.13. The maximum absolute atomic E-state index is 13.2. The minimum absolute atomic E-state index is 0.0151. The first-order valence-corrected chi connectivity index (χ1v) is 9.53. The zero-order valence-electron chi connectivity index (χ0n) is 16.3. The molecule has 0 radical (unpaired) electrons. The highest BCUT2D eigenvalue weighted by atomic mass is 19.1. The molecule has 7 heteroatoms. The molecular weight excluding hydrogens is 371 g/mol. The molecule has 2 heterocycles. The summed E-state index contributed by atoms with van der Waals surface area (Å²) in [6, 6.07) is 11.6. The number of nitrogens with one attached hydrogen (secondary N) is 1. The third-order valence-electron chi connectivity index (χ3n) is 5.13. The largest absolute Gasteiger partial charge is 0.322 e. The molecule has 0 unspecified atom stereocenters. The summed E-state index contributed by atoms with van der Waals surface area (Å²) in [4.78, 5) is 26.3. The van der Waals surface area contributed by atoms with Crippen molar-refractivity contribution in [3.05, 3.63) is 71.3 Å². The van der Waals surface area contributed by atoms with Crippen LogP contribution in [0.2, 0.25) is 0 Å². The van der Waals surface area contributed by atoms with E-state index in [9.17, 15) is 14.0 Å². The molecule has 3 aromatic rings. The maximum atomic E-state index is 13.2. The molecule has 1 N–H and O–H groups in total. The second-order valence-corrected chi connectivity index (χ2v) is 6.96. The molecule has 0 saturated carbocycles. The van der Waals surface area contributed by atoms with Crippen LogP contribution in [0.4, 0.5) is 15.8 Å². The molecule has 2 amide bonds. The Labute approximate surface area is 167 Å². The molecule has 0 aliphatic carbocycles. The number of carbonyl (C=O) groups excluding carboxylic acids is 2. The van der Waals surface area contributed by atoms with Crippen molar-refractivity contribution in [3.63, 3.8) is 0 Å². The Bertz CT molecular complexity index is 1090. The molecule has 0 atom stereocenters. The lowest BCUT2D eigenvalue weighted by Crippen LogP contribution is -2.25. The zero-order valence-corrected chi connectivity index (χ0v) is 16.3. The van der Waals surface area contributed by atoms with Gasteiger partial charge in [0.1, 0.15) is 5.82 Å². The van der Waals surface area contributed by atoms with Crippen molar-refractivity contribution in [1.82, 2.24) is 9.78 Å². The predicted molar refractivity (Wildman–Crippen MR) is 109 cm³/mol. The zero-order chi connectivity index (χ0) is 20.5. The fourth-order valence-electron chi connectivity index (χ4n) is 3.71. The number of hydrogen-bond donors (Lipinski definition) is 1. The van der Waals surface area contributed by atoms with Crippen LogP contribution in [0.3, 0.4) is 0 Å². The molecule has 1 aromatic heterocycles. The summed E-state index contributed by atoms with van der Waals surface area (Å²) in [6.07, 6.45) is 2.89. The van der Waals surface area contributed by atoms with Crippen molar-refractivity contribution in [1.29, 1.82) is 0 Å². The fourth-order valence-corrected chi connectivity index (χ4v) is 3.71. The standard InChI is InChI=1S/C22H21FN4O2/c1-3-20-19(13-24-27(20)18-7-4-16(23)5-8-18)22(29)25-17-6-9-21-15(12-17)10-11-26(21)14(2)28/h4-9,12-13H,3,10-11H2,1-2H3,(H,25,29). The van der Waals surface area contributed by atoms with E-state index in [2.05, 4.69) is 10.4 Å². The lowest BCUT2D eigenvalue weighted by Gasteiger charge is -2.15. The van der Waals surface area contributed by atoms with Crippen molar-refractivity contribution in [2.75, 3.05) is 16.8 Å². The van der Waals surface area contributed by atoms with Gasteiger partial charge in [0.05, 0.1) is 23.1 Å². The second kappa shape index (κ2) is 7.50. The van der Waals surface area contributed by atoms with Crippen LogP contribution in [0.15, 0.2) is 48.7 Å². The molecule has 0 fully saturated rings. The van der Waals surface area contributed by atoms with Gasteiger partial charge in [-0.25, -0.2) is 9.07 Å². The van der Waals surface area contributed by atoms with E-state index in [0.29, 0.717) is 29.9 Å². The summed E-state index contributed by atoms with van der Waals surface area (Å²) in [5.41, 5.74) is 4.53. The number of hydrogen-bond acceptors (Lipinski definition) is 3. The van der Waals surface area contributed by atoms with Crippen LogP contribution in [0.1, 0.15) is 35.5 Å². The first kappa shape index (κ1) is 18.9. The predicted octanol–water partition coefficient (Wildman–Crippen LogP) is 3.74. The summed E-state index contributed by atoms with van der Waals surface area (Å²) in [6.45, 7) is 4.15. The first-order valence-electron chi connectivity index (χ1n) is 9.53. The normalized spacial score (nSPS) is 12.7. The van der Waals surface area contributed by atoms with E-state index in [4.69, 9.17) is 0 Å². The summed E-state index contributed by atoms with van der Waals surface area (Å²) in [5.74, 6) is -0.560. The number of benzene rings is 2. The van der Waals surface area contributed by atoms with Gasteiger partial charge in [-0.3, -0.25) is 9.59 Å². The maximum Gasteiger partial charge on any atom is 0.259 e. The average Bonchev–Trinajstić information content (AvgIpc) is 3.32. The van der Waals surface area contributed by atoms with Crippen LogP contribution in [0, 0.1) is 5.82 Å². The van der Waals surface area contributed by atoms with Crippen molar-refractivity contribution in [2.45, 2.75) is 26.7 Å². The first-order chi connectivity index (χ1) is 14.0. The van der Waals surface area contributed by atoms with Gasteiger partial charge >= 0.3 is 0 Å². The van der Waals surface area contributed by atoms with E-state index in [-0.39, 0.29) is 17.6 Å². The van der Waals surface area contributed by atoms with E-state index < -0.39 is 0 Å². The number of nitrogens with zero attached hydrogens (tertiary/aromatic N) is 3. The van der Waals surface area contributed by atoms with Crippen molar-refractivity contribution >= 4 is 23.2 Å². The molecule has 6 nitrogen and oxygen atoms in total. The molecular formula is C22H21FN4O2. The van der Waals surface area contributed by atoms with Gasteiger partial charge in [0.25, 0.3) is 5.91 Å². The Morgan fingerprint density at radius 2 is 1.93 bits per heavy atom. The van der Waals surface area contributed by atoms with Crippen LogP contribution >= 0.6 is 0 Å². The Kier molecular flexibility index (Phi) is 4.88. The summed E-state index contributed by atoms with van der Waals surface area (Å²) in [7, 11) is 0. The van der Waals surface area contributed by atoms with E-state index in [0.717, 1.165) is 23.4 Å². The Hall–Kier alpha value is -3.48. The number of aromatic nitrogens is 2. The Morgan fingerprint density at radius 1 is 1.17 bits per heavy atom. The van der Waals surface area contributed by atoms with E-state index in [1.54, 1.807) is 34.7 Å². The van der Waals surface area contributed by atoms with Gasteiger partial charge < -0.3 is 10.2 Å². The van der Waals surface area contributed by atoms with Gasteiger partial charge in [0.15, 0.2) is 0 Å². The van der Waals surface area contributed by atoms with Crippen LogP contribution in [-0.2, 0) is 17.6 Å². The number of anilines is 2. The van der Waals surface area contributed by atoms with Gasteiger partial charge in [-0.1, -0.05) is 6.92 Å². The van der Waals surface area contributed by atoms with Crippen LogP contribution in [0.25, 0.3) is 5.69 Å². The van der Waals surface area contributed by atoms with Gasteiger partial charge in [-0.15, -0.1) is 0 Å². The highest BCUT2D eigenvalue weighted by molar-refractivity contribution is 6.05. The molecule has 4 rings (SSSR count). The molecule has 0 bridgehead atoms. The lowest BCUT2D eigenvalue weighted by molar-refractivity contribution is -0.116. The van der Waals surface area contributed by atoms with Crippen molar-refractivity contribution in [2.24, 2.45) is 0 Å². The van der Waals surface area contributed by atoms with Crippen LogP contribution in [-0.4, -0.2) is 28.1 Å². The van der Waals surface area contributed by atoms with E-state index in [1.165, 1.54) is 18.3 Å². The minimum Gasteiger partial charge on any atom is -0.322 e. The second-order valence-electron chi connectivity index (χ2n) is 6.96. The number of carbonyl (C=O) groups is 2. The summed E-state index contributed by atoms with van der Waals surface area (Å²) < 4.78 is 14.9. The highest BCUT2D eigenvalue weighted by Crippen LogP contribution is 2.30. The summed E-state index contributed by atoms with van der Waals surface area (Å²) in [5, 5.41) is 7.25. The molecule has 0 saturated heterocycles. The van der Waals surface area contributed by atoms with Crippen LogP contribution in [0.5, 0.6) is 0 Å². The van der Waals surface area contributed by atoms with E-state index in [1.807, 2.05) is 19.1 Å².